The van der Waals surface area contributed by atoms with Crippen molar-refractivity contribution in [3.05, 3.63) is 47.0 Å². The fourth-order valence-electron chi connectivity index (χ4n) is 1.99. The standard InChI is InChI=1S/C16H17ClO/c1-4-16(2,3)15(18)13-9-10-14(17)12-8-6-5-7-11(12)13/h5-10H,4H2,1-3H3. The van der Waals surface area contributed by atoms with E-state index in [4.69, 9.17) is 11.6 Å². The lowest BCUT2D eigenvalue weighted by Gasteiger charge is -2.22. The SMILES string of the molecule is CCC(C)(C)C(=O)c1ccc(Cl)c2ccccc12. The van der Waals surface area contributed by atoms with E-state index >= 15 is 0 Å². The molecule has 94 valence electrons. The number of Topliss-reactive ketones (excluding diaryl/α,β-unsaturated/α-hetero) is 1. The molecule has 1 nitrogen and oxygen atoms in total. The number of carbonyl (C=O) groups is 1. The Balaban J connectivity index is 2.66. The minimum absolute atomic E-state index is 0.179. The van der Waals surface area contributed by atoms with E-state index in [-0.39, 0.29) is 11.2 Å². The molecule has 0 aliphatic rings. The largest absolute Gasteiger partial charge is 0.294 e. The molecular formula is C16H17ClO. The molecule has 18 heavy (non-hydrogen) atoms. The topological polar surface area (TPSA) is 17.1 Å². The van der Waals surface area contributed by atoms with Crippen molar-refractivity contribution in [1.29, 1.82) is 0 Å². The van der Waals surface area contributed by atoms with Crippen LogP contribution in [0.4, 0.5) is 0 Å². The molecule has 0 unspecified atom stereocenters. The highest BCUT2D eigenvalue weighted by Gasteiger charge is 2.27. The van der Waals surface area contributed by atoms with Crippen LogP contribution in [0.15, 0.2) is 36.4 Å². The predicted molar refractivity (Wildman–Crippen MR) is 77.4 cm³/mol. The molecule has 0 radical (unpaired) electrons. The van der Waals surface area contributed by atoms with E-state index < -0.39 is 0 Å². The third kappa shape index (κ3) is 2.15. The van der Waals surface area contributed by atoms with Crippen molar-refractivity contribution in [3.8, 4) is 0 Å². The van der Waals surface area contributed by atoms with E-state index in [0.717, 1.165) is 22.8 Å². The molecule has 0 N–H and O–H groups in total. The van der Waals surface area contributed by atoms with E-state index in [1.165, 1.54) is 0 Å². The van der Waals surface area contributed by atoms with Gasteiger partial charge in [-0.15, -0.1) is 0 Å². The molecule has 0 aliphatic heterocycles. The summed E-state index contributed by atoms with van der Waals surface area (Å²) in [6.45, 7) is 6.01. The number of halogens is 1. The molecule has 0 heterocycles. The summed E-state index contributed by atoms with van der Waals surface area (Å²) < 4.78 is 0. The fraction of sp³-hybridized carbons (Fsp3) is 0.312. The zero-order valence-corrected chi connectivity index (χ0v) is 11.7. The van der Waals surface area contributed by atoms with Gasteiger partial charge in [0.2, 0.25) is 0 Å². The lowest BCUT2D eigenvalue weighted by atomic mass is 9.81. The van der Waals surface area contributed by atoms with Gasteiger partial charge in [0.15, 0.2) is 5.78 Å². The third-order valence-electron chi connectivity index (χ3n) is 3.61. The Morgan fingerprint density at radius 1 is 1.11 bits per heavy atom. The number of hydrogen-bond donors (Lipinski definition) is 0. The number of ketones is 1. The van der Waals surface area contributed by atoms with E-state index in [9.17, 15) is 4.79 Å². The molecule has 2 heteroatoms. The highest BCUT2D eigenvalue weighted by molar-refractivity contribution is 6.36. The molecule has 0 amide bonds. The third-order valence-corrected chi connectivity index (χ3v) is 3.94. The summed E-state index contributed by atoms with van der Waals surface area (Å²) >= 11 is 6.17. The lowest BCUT2D eigenvalue weighted by molar-refractivity contribution is 0.0835. The van der Waals surface area contributed by atoms with Gasteiger partial charge in [0.1, 0.15) is 0 Å². The molecule has 2 aromatic carbocycles. The first-order valence-corrected chi connectivity index (χ1v) is 6.57. The van der Waals surface area contributed by atoms with Gasteiger partial charge < -0.3 is 0 Å². The van der Waals surface area contributed by atoms with Crippen LogP contribution in [0.5, 0.6) is 0 Å². The summed E-state index contributed by atoms with van der Waals surface area (Å²) in [5.41, 5.74) is 0.429. The molecule has 0 fully saturated rings. The summed E-state index contributed by atoms with van der Waals surface area (Å²) in [4.78, 5) is 12.6. The number of hydrogen-bond acceptors (Lipinski definition) is 1. The quantitative estimate of drug-likeness (QED) is 0.701. The van der Waals surface area contributed by atoms with E-state index in [0.29, 0.717) is 5.02 Å². The van der Waals surface area contributed by atoms with Crippen molar-refractivity contribution in [1.82, 2.24) is 0 Å². The van der Waals surface area contributed by atoms with Gasteiger partial charge in [-0.3, -0.25) is 4.79 Å². The Bertz CT molecular complexity index is 599. The first-order chi connectivity index (χ1) is 8.47. The fourth-order valence-corrected chi connectivity index (χ4v) is 2.21. The monoisotopic (exact) mass is 260 g/mol. The lowest BCUT2D eigenvalue weighted by Crippen LogP contribution is -2.23. The van der Waals surface area contributed by atoms with Gasteiger partial charge in [-0.25, -0.2) is 0 Å². The maximum Gasteiger partial charge on any atom is 0.169 e. The van der Waals surface area contributed by atoms with Crippen LogP contribution in [0.25, 0.3) is 10.8 Å². The summed E-state index contributed by atoms with van der Waals surface area (Å²) in [5, 5.41) is 2.57. The van der Waals surface area contributed by atoms with Crippen molar-refractivity contribution in [3.63, 3.8) is 0 Å². The van der Waals surface area contributed by atoms with Crippen LogP contribution in [0, 0.1) is 5.41 Å². The van der Waals surface area contributed by atoms with Gasteiger partial charge >= 0.3 is 0 Å². The van der Waals surface area contributed by atoms with E-state index in [1.807, 2.05) is 57.2 Å². The van der Waals surface area contributed by atoms with Crippen molar-refractivity contribution in [2.45, 2.75) is 27.2 Å². The molecule has 2 rings (SSSR count). The summed E-state index contributed by atoms with van der Waals surface area (Å²) in [6, 6.07) is 11.4. The van der Waals surface area contributed by atoms with E-state index in [1.54, 1.807) is 0 Å². The average Bonchev–Trinajstić information content (AvgIpc) is 2.39. The normalized spacial score (nSPS) is 11.8. The molecule has 0 spiro atoms. The highest BCUT2D eigenvalue weighted by Crippen LogP contribution is 2.32. The number of fused-ring (bicyclic) bond motifs is 1. The van der Waals surface area contributed by atoms with Crippen LogP contribution < -0.4 is 0 Å². The van der Waals surface area contributed by atoms with Crippen LogP contribution >= 0.6 is 11.6 Å². The van der Waals surface area contributed by atoms with E-state index in [2.05, 4.69) is 0 Å². The smallest absolute Gasteiger partial charge is 0.169 e. The molecule has 2 aromatic rings. The molecule has 0 saturated heterocycles. The zero-order chi connectivity index (χ0) is 13.3. The predicted octanol–water partition coefficient (Wildman–Crippen LogP) is 5.11. The number of rotatable bonds is 3. The molecule has 0 saturated carbocycles. The van der Waals surface area contributed by atoms with Crippen LogP contribution in [0.3, 0.4) is 0 Å². The molecule has 0 bridgehead atoms. The maximum absolute atomic E-state index is 12.6. The van der Waals surface area contributed by atoms with Gasteiger partial charge in [-0.2, -0.15) is 0 Å². The average molecular weight is 261 g/mol. The number of benzene rings is 2. The summed E-state index contributed by atoms with van der Waals surface area (Å²) in [7, 11) is 0. The molecule has 0 aliphatic carbocycles. The second-order valence-corrected chi connectivity index (χ2v) is 5.61. The van der Waals surface area contributed by atoms with Crippen LogP contribution in [-0.2, 0) is 0 Å². The van der Waals surface area contributed by atoms with Gasteiger partial charge in [-0.05, 0) is 23.9 Å². The Kier molecular flexibility index (Phi) is 3.45. The van der Waals surface area contributed by atoms with Crippen molar-refractivity contribution >= 4 is 28.2 Å². The minimum Gasteiger partial charge on any atom is -0.294 e. The van der Waals surface area contributed by atoms with Crippen molar-refractivity contribution < 1.29 is 4.79 Å². The molecular weight excluding hydrogens is 244 g/mol. The van der Waals surface area contributed by atoms with Crippen LogP contribution in [-0.4, -0.2) is 5.78 Å². The van der Waals surface area contributed by atoms with Crippen molar-refractivity contribution in [2.75, 3.05) is 0 Å². The highest BCUT2D eigenvalue weighted by atomic mass is 35.5. The Morgan fingerprint density at radius 2 is 1.72 bits per heavy atom. The summed E-state index contributed by atoms with van der Waals surface area (Å²) in [5.74, 6) is 0.179. The van der Waals surface area contributed by atoms with Gasteiger partial charge in [0.25, 0.3) is 0 Å². The Morgan fingerprint density at radius 3 is 2.33 bits per heavy atom. The van der Waals surface area contributed by atoms with Gasteiger partial charge in [0, 0.05) is 21.4 Å². The first kappa shape index (κ1) is 13.1. The van der Waals surface area contributed by atoms with Crippen LogP contribution in [0.2, 0.25) is 5.02 Å². The first-order valence-electron chi connectivity index (χ1n) is 6.19. The molecule has 0 atom stereocenters. The van der Waals surface area contributed by atoms with Gasteiger partial charge in [0.05, 0.1) is 0 Å². The minimum atomic E-state index is -0.337. The molecule has 0 aromatic heterocycles. The van der Waals surface area contributed by atoms with Crippen LogP contribution in [0.1, 0.15) is 37.6 Å². The zero-order valence-electron chi connectivity index (χ0n) is 11.0. The Hall–Kier alpha value is -1.34. The second kappa shape index (κ2) is 4.74. The summed E-state index contributed by atoms with van der Waals surface area (Å²) in [6.07, 6.45) is 0.822. The Labute approximate surface area is 113 Å². The second-order valence-electron chi connectivity index (χ2n) is 5.21. The van der Waals surface area contributed by atoms with Gasteiger partial charge in [-0.1, -0.05) is 56.6 Å². The number of carbonyl (C=O) groups excluding carboxylic acids is 1. The maximum atomic E-state index is 12.6. The van der Waals surface area contributed by atoms with Crippen molar-refractivity contribution in [2.24, 2.45) is 5.41 Å².